The zero-order valence-corrected chi connectivity index (χ0v) is 10.0. The molecule has 0 aromatic carbocycles. The summed E-state index contributed by atoms with van der Waals surface area (Å²) in [4.78, 5) is 0. The van der Waals surface area contributed by atoms with E-state index in [-0.39, 0.29) is 0 Å². The molecule has 2 rings (SSSR count). The predicted molar refractivity (Wildman–Crippen MR) is 64.2 cm³/mol. The number of hydrazine groups is 1. The van der Waals surface area contributed by atoms with Crippen molar-refractivity contribution in [1.82, 2.24) is 5.43 Å². The van der Waals surface area contributed by atoms with Gasteiger partial charge in [0.1, 0.15) is 0 Å². The van der Waals surface area contributed by atoms with Crippen molar-refractivity contribution >= 4 is 0 Å². The Morgan fingerprint density at radius 3 is 2.47 bits per heavy atom. The van der Waals surface area contributed by atoms with Crippen LogP contribution >= 0.6 is 0 Å². The maximum atomic E-state index is 5.68. The number of hydrogen-bond donors (Lipinski definition) is 2. The molecular formula is C13H26N2. The Hall–Kier alpha value is -0.0800. The van der Waals surface area contributed by atoms with E-state index in [4.69, 9.17) is 5.84 Å². The van der Waals surface area contributed by atoms with Gasteiger partial charge in [0.15, 0.2) is 0 Å². The van der Waals surface area contributed by atoms with Gasteiger partial charge in [-0.15, -0.1) is 0 Å². The van der Waals surface area contributed by atoms with Gasteiger partial charge in [0.2, 0.25) is 0 Å². The molecular weight excluding hydrogens is 184 g/mol. The predicted octanol–water partition coefficient (Wildman–Crippen LogP) is 2.83. The smallest absolute Gasteiger partial charge is 0.0239 e. The molecule has 0 spiro atoms. The van der Waals surface area contributed by atoms with E-state index in [9.17, 15) is 0 Å². The second-order valence-electron chi connectivity index (χ2n) is 5.61. The molecule has 2 aliphatic rings. The summed E-state index contributed by atoms with van der Waals surface area (Å²) < 4.78 is 0. The fourth-order valence-corrected chi connectivity index (χ4v) is 3.34. The van der Waals surface area contributed by atoms with Crippen LogP contribution < -0.4 is 11.3 Å². The van der Waals surface area contributed by atoms with E-state index in [0.717, 1.165) is 17.8 Å². The van der Waals surface area contributed by atoms with Crippen molar-refractivity contribution in [1.29, 1.82) is 0 Å². The van der Waals surface area contributed by atoms with Crippen molar-refractivity contribution in [2.75, 3.05) is 0 Å². The van der Waals surface area contributed by atoms with E-state index < -0.39 is 0 Å². The lowest BCUT2D eigenvalue weighted by Crippen LogP contribution is -2.40. The molecule has 0 amide bonds. The molecule has 15 heavy (non-hydrogen) atoms. The van der Waals surface area contributed by atoms with Crippen LogP contribution in [0.1, 0.15) is 58.3 Å². The molecule has 2 aliphatic carbocycles. The highest BCUT2D eigenvalue weighted by atomic mass is 15.2. The number of fused-ring (bicyclic) bond motifs is 1. The summed E-state index contributed by atoms with van der Waals surface area (Å²) in [6.45, 7) is 2.27. The lowest BCUT2D eigenvalue weighted by molar-refractivity contribution is 0.313. The average molecular weight is 210 g/mol. The third kappa shape index (κ3) is 2.94. The molecule has 2 nitrogen and oxygen atoms in total. The molecule has 0 heterocycles. The minimum atomic E-state index is 0.606. The molecule has 0 bridgehead atoms. The van der Waals surface area contributed by atoms with Crippen molar-refractivity contribution in [3.05, 3.63) is 0 Å². The molecule has 0 radical (unpaired) electrons. The van der Waals surface area contributed by atoms with Crippen molar-refractivity contribution < 1.29 is 0 Å². The number of hydrogen-bond acceptors (Lipinski definition) is 2. The SMILES string of the molecule is CCCCCCC(NN)C1CC2CC2C1. The van der Waals surface area contributed by atoms with E-state index in [2.05, 4.69) is 12.3 Å². The van der Waals surface area contributed by atoms with Crippen LogP contribution in [0.2, 0.25) is 0 Å². The zero-order chi connectivity index (χ0) is 10.7. The van der Waals surface area contributed by atoms with Crippen LogP contribution in [0.4, 0.5) is 0 Å². The molecule has 0 saturated heterocycles. The van der Waals surface area contributed by atoms with Gasteiger partial charge in [0.25, 0.3) is 0 Å². The second-order valence-corrected chi connectivity index (χ2v) is 5.61. The average Bonchev–Trinajstić information content (AvgIpc) is 2.86. The Kier molecular flexibility index (Phi) is 4.04. The van der Waals surface area contributed by atoms with Crippen LogP contribution in [0.5, 0.6) is 0 Å². The van der Waals surface area contributed by atoms with E-state index >= 15 is 0 Å². The summed E-state index contributed by atoms with van der Waals surface area (Å²) in [5.41, 5.74) is 3.06. The first-order valence-electron chi connectivity index (χ1n) is 6.81. The summed E-state index contributed by atoms with van der Waals surface area (Å²) in [5, 5.41) is 0. The summed E-state index contributed by atoms with van der Waals surface area (Å²) in [6.07, 6.45) is 11.2. The Balaban J connectivity index is 1.63. The Labute approximate surface area is 94.0 Å². The highest BCUT2D eigenvalue weighted by molar-refractivity contribution is 4.98. The number of nitrogens with one attached hydrogen (secondary N) is 1. The summed E-state index contributed by atoms with van der Waals surface area (Å²) >= 11 is 0. The topological polar surface area (TPSA) is 38.0 Å². The molecule has 0 aliphatic heterocycles. The maximum absolute atomic E-state index is 5.68. The van der Waals surface area contributed by atoms with Gasteiger partial charge in [-0.3, -0.25) is 11.3 Å². The molecule has 3 unspecified atom stereocenters. The first-order chi connectivity index (χ1) is 7.35. The lowest BCUT2D eigenvalue weighted by atomic mass is 9.91. The van der Waals surface area contributed by atoms with Crippen molar-refractivity contribution in [3.63, 3.8) is 0 Å². The van der Waals surface area contributed by atoms with Crippen molar-refractivity contribution in [2.24, 2.45) is 23.6 Å². The van der Waals surface area contributed by atoms with E-state index in [0.29, 0.717) is 6.04 Å². The van der Waals surface area contributed by atoms with E-state index in [1.807, 2.05) is 0 Å². The van der Waals surface area contributed by atoms with Gasteiger partial charge in [-0.25, -0.2) is 0 Å². The fraction of sp³-hybridized carbons (Fsp3) is 1.00. The third-order valence-corrected chi connectivity index (χ3v) is 4.43. The fourth-order valence-electron chi connectivity index (χ4n) is 3.34. The third-order valence-electron chi connectivity index (χ3n) is 4.43. The Bertz CT molecular complexity index is 183. The van der Waals surface area contributed by atoms with Crippen molar-refractivity contribution in [2.45, 2.75) is 64.3 Å². The van der Waals surface area contributed by atoms with Crippen LogP contribution in [0.3, 0.4) is 0 Å². The van der Waals surface area contributed by atoms with Gasteiger partial charge >= 0.3 is 0 Å². The standard InChI is InChI=1S/C13H26N2/c1-2-3-4-5-6-13(15-14)12-8-10-7-11(10)9-12/h10-13,15H,2-9,14H2,1H3. The normalized spacial score (nSPS) is 35.2. The lowest BCUT2D eigenvalue weighted by Gasteiger charge is -2.23. The van der Waals surface area contributed by atoms with Gasteiger partial charge in [-0.05, 0) is 43.4 Å². The summed E-state index contributed by atoms with van der Waals surface area (Å²) in [5.74, 6) is 8.74. The first-order valence-corrected chi connectivity index (χ1v) is 6.81. The minimum absolute atomic E-state index is 0.606. The number of nitrogens with two attached hydrogens (primary N) is 1. The maximum Gasteiger partial charge on any atom is 0.0239 e. The van der Waals surface area contributed by atoms with Gasteiger partial charge in [-0.1, -0.05) is 32.6 Å². The summed E-state index contributed by atoms with van der Waals surface area (Å²) in [7, 11) is 0. The van der Waals surface area contributed by atoms with Crippen LogP contribution in [0, 0.1) is 17.8 Å². The first kappa shape index (κ1) is 11.4. The number of rotatable bonds is 7. The Morgan fingerprint density at radius 2 is 1.87 bits per heavy atom. The van der Waals surface area contributed by atoms with Crippen molar-refractivity contribution in [3.8, 4) is 0 Å². The van der Waals surface area contributed by atoms with Crippen LogP contribution in [-0.4, -0.2) is 6.04 Å². The Morgan fingerprint density at radius 1 is 1.13 bits per heavy atom. The van der Waals surface area contributed by atoms with Crippen LogP contribution in [0.25, 0.3) is 0 Å². The van der Waals surface area contributed by atoms with Gasteiger partial charge in [0, 0.05) is 6.04 Å². The molecule has 88 valence electrons. The zero-order valence-electron chi connectivity index (χ0n) is 10.0. The van der Waals surface area contributed by atoms with Crippen LogP contribution in [0.15, 0.2) is 0 Å². The molecule has 3 atom stereocenters. The highest BCUT2D eigenvalue weighted by Gasteiger charge is 2.47. The number of unbranched alkanes of at least 4 members (excludes halogenated alkanes) is 3. The summed E-state index contributed by atoms with van der Waals surface area (Å²) in [6, 6.07) is 0.606. The largest absolute Gasteiger partial charge is 0.271 e. The molecule has 2 saturated carbocycles. The molecule has 3 N–H and O–H groups in total. The van der Waals surface area contributed by atoms with Gasteiger partial charge in [-0.2, -0.15) is 0 Å². The molecule has 0 aromatic heterocycles. The highest BCUT2D eigenvalue weighted by Crippen LogP contribution is 2.55. The minimum Gasteiger partial charge on any atom is -0.271 e. The van der Waals surface area contributed by atoms with Gasteiger partial charge in [0.05, 0.1) is 0 Å². The quantitative estimate of drug-likeness (QED) is 0.385. The van der Waals surface area contributed by atoms with Gasteiger partial charge < -0.3 is 0 Å². The second kappa shape index (κ2) is 5.31. The monoisotopic (exact) mass is 210 g/mol. The van der Waals surface area contributed by atoms with Crippen LogP contribution in [-0.2, 0) is 0 Å². The molecule has 2 fully saturated rings. The van der Waals surface area contributed by atoms with E-state index in [1.54, 1.807) is 0 Å². The molecule has 2 heteroatoms. The molecule has 0 aromatic rings. The van der Waals surface area contributed by atoms with E-state index in [1.165, 1.54) is 51.4 Å².